The molecule has 1 unspecified atom stereocenters. The highest BCUT2D eigenvalue weighted by Crippen LogP contribution is 2.41. The molecule has 0 spiro atoms. The van der Waals surface area contributed by atoms with Gasteiger partial charge in [-0.2, -0.15) is 0 Å². The van der Waals surface area contributed by atoms with E-state index in [4.69, 9.17) is 9.98 Å². The summed E-state index contributed by atoms with van der Waals surface area (Å²) in [6.07, 6.45) is 17.3. The first kappa shape index (κ1) is 34.9. The van der Waals surface area contributed by atoms with Gasteiger partial charge in [0.2, 0.25) is 0 Å². The Bertz CT molecular complexity index is 898. The van der Waals surface area contributed by atoms with Crippen molar-refractivity contribution >= 4 is 40.7 Å². The molecule has 1 aromatic carbocycles. The van der Waals surface area contributed by atoms with Crippen LogP contribution in [0.2, 0.25) is 0 Å². The van der Waals surface area contributed by atoms with Gasteiger partial charge in [0, 0.05) is 16.9 Å². The van der Waals surface area contributed by atoms with E-state index in [9.17, 15) is 5.11 Å². The van der Waals surface area contributed by atoms with Gasteiger partial charge in [-0.15, -0.1) is 11.8 Å². The Morgan fingerprint density at radius 3 is 1.80 bits per heavy atom. The van der Waals surface area contributed by atoms with Crippen LogP contribution < -0.4 is 5.43 Å². The van der Waals surface area contributed by atoms with E-state index in [1.54, 1.807) is 6.34 Å². The average Bonchev–Trinajstić information content (AvgIpc) is 2.88. The topological polar surface area (TPSA) is 60.2 Å². The van der Waals surface area contributed by atoms with Crippen molar-refractivity contribution < 1.29 is 5.11 Å². The minimum Gasteiger partial charge on any atom is -0.507 e. The lowest BCUT2D eigenvalue weighted by molar-refractivity contribution is 0.422. The van der Waals surface area contributed by atoms with E-state index >= 15 is 0 Å². The monoisotopic (exact) mass is 590 g/mol. The molecule has 5 nitrogen and oxygen atoms in total. The van der Waals surface area contributed by atoms with Crippen LogP contribution in [0.1, 0.15) is 144 Å². The number of anilines is 1. The number of thioether (sulfide) groups is 2. The van der Waals surface area contributed by atoms with Gasteiger partial charge < -0.3 is 5.11 Å². The second kappa shape index (κ2) is 17.6. The summed E-state index contributed by atoms with van der Waals surface area (Å²) in [7, 11) is 0. The molecule has 1 heterocycles. The van der Waals surface area contributed by atoms with Crippen molar-refractivity contribution in [3.63, 3.8) is 0 Å². The van der Waals surface area contributed by atoms with Crippen LogP contribution in [0.25, 0.3) is 0 Å². The highest BCUT2D eigenvalue weighted by Gasteiger charge is 2.29. The molecule has 0 aromatic heterocycles. The molecule has 0 aliphatic carbocycles. The smallest absolute Gasteiger partial charge is 0.190 e. The van der Waals surface area contributed by atoms with Crippen LogP contribution >= 0.6 is 23.5 Å². The van der Waals surface area contributed by atoms with E-state index in [1.165, 1.54) is 77.0 Å². The summed E-state index contributed by atoms with van der Waals surface area (Å²) in [6, 6.07) is 4.21. The number of nitrogens with zero attached hydrogens (tertiary/aromatic N) is 3. The molecule has 228 valence electrons. The Kier molecular flexibility index (Phi) is 15.3. The number of phenols is 1. The van der Waals surface area contributed by atoms with Gasteiger partial charge in [0.1, 0.15) is 12.1 Å². The number of aliphatic imine (C=N–C) groups is 2. The number of phenolic OH excluding ortho intramolecular Hbond substituents is 1. The molecule has 1 atom stereocenters. The van der Waals surface area contributed by atoms with Gasteiger partial charge in [0.05, 0.1) is 5.69 Å². The van der Waals surface area contributed by atoms with Crippen LogP contribution in [-0.2, 0) is 10.8 Å². The van der Waals surface area contributed by atoms with Crippen molar-refractivity contribution in [2.24, 2.45) is 9.98 Å². The zero-order valence-electron chi connectivity index (χ0n) is 26.8. The third kappa shape index (κ3) is 11.9. The number of benzene rings is 1. The van der Waals surface area contributed by atoms with Crippen LogP contribution in [0.15, 0.2) is 22.1 Å². The molecular weight excluding hydrogens is 533 g/mol. The fourth-order valence-electron chi connectivity index (χ4n) is 4.79. The van der Waals surface area contributed by atoms with Crippen LogP contribution in [0.3, 0.4) is 0 Å². The van der Waals surface area contributed by atoms with E-state index < -0.39 is 0 Å². The zero-order chi connectivity index (χ0) is 29.6. The van der Waals surface area contributed by atoms with Gasteiger partial charge >= 0.3 is 0 Å². The van der Waals surface area contributed by atoms with E-state index in [1.807, 2.05) is 23.5 Å². The SMILES string of the molecule is CCCCCCCCSC1=NC=NC(SCCCCCCCC)N1Nc1cc(C(C)(C)C)c(O)c(C(C)(C)C)c1. The number of nitrogens with one attached hydrogen (secondary N) is 1. The number of aromatic hydroxyl groups is 1. The Hall–Kier alpha value is -1.34. The van der Waals surface area contributed by atoms with Crippen molar-refractivity contribution in [3.05, 3.63) is 23.3 Å². The Morgan fingerprint density at radius 2 is 1.27 bits per heavy atom. The molecule has 1 aliphatic rings. The highest BCUT2D eigenvalue weighted by molar-refractivity contribution is 8.13. The van der Waals surface area contributed by atoms with E-state index in [-0.39, 0.29) is 16.3 Å². The maximum absolute atomic E-state index is 11.2. The van der Waals surface area contributed by atoms with E-state index in [2.05, 4.69) is 78.0 Å². The molecule has 2 N–H and O–H groups in total. The second-order valence-corrected chi connectivity index (χ2v) is 15.4. The van der Waals surface area contributed by atoms with Gasteiger partial charge in [-0.3, -0.25) is 5.43 Å². The average molecular weight is 591 g/mol. The Morgan fingerprint density at radius 1 is 0.775 bits per heavy atom. The number of hydrogen-bond donors (Lipinski definition) is 2. The molecule has 2 rings (SSSR count). The first-order valence-electron chi connectivity index (χ1n) is 15.8. The Balaban J connectivity index is 2.21. The number of hydrazine groups is 1. The van der Waals surface area contributed by atoms with E-state index in [0.29, 0.717) is 5.75 Å². The second-order valence-electron chi connectivity index (χ2n) is 13.2. The van der Waals surface area contributed by atoms with Crippen molar-refractivity contribution in [2.75, 3.05) is 16.9 Å². The molecule has 7 heteroatoms. The minimum absolute atomic E-state index is 0.0647. The third-order valence-electron chi connectivity index (χ3n) is 7.26. The Labute approximate surface area is 254 Å². The van der Waals surface area contributed by atoms with Gasteiger partial charge in [-0.1, -0.05) is 131 Å². The molecule has 0 amide bonds. The summed E-state index contributed by atoms with van der Waals surface area (Å²) in [6.45, 7) is 17.5. The number of amidine groups is 1. The molecule has 0 bridgehead atoms. The van der Waals surface area contributed by atoms with Crippen LogP contribution in [0.5, 0.6) is 5.75 Å². The van der Waals surface area contributed by atoms with Crippen LogP contribution in [0.4, 0.5) is 5.69 Å². The largest absolute Gasteiger partial charge is 0.507 e. The lowest BCUT2D eigenvalue weighted by atomic mass is 9.79. The molecule has 1 aromatic rings. The summed E-state index contributed by atoms with van der Waals surface area (Å²) in [5.41, 5.74) is 6.16. The molecule has 40 heavy (non-hydrogen) atoms. The van der Waals surface area contributed by atoms with Crippen molar-refractivity contribution in [2.45, 2.75) is 149 Å². The molecule has 0 fully saturated rings. The predicted octanol–water partition coefficient (Wildman–Crippen LogP) is 10.5. The number of rotatable bonds is 17. The normalized spacial score (nSPS) is 15.9. The lowest BCUT2D eigenvalue weighted by Gasteiger charge is -2.35. The van der Waals surface area contributed by atoms with Gasteiger partial charge in [0.25, 0.3) is 0 Å². The van der Waals surface area contributed by atoms with Crippen molar-refractivity contribution in [1.82, 2.24) is 5.01 Å². The summed E-state index contributed by atoms with van der Waals surface area (Å²) < 4.78 is 0. The highest BCUT2D eigenvalue weighted by atomic mass is 32.2. The summed E-state index contributed by atoms with van der Waals surface area (Å²) in [5.74, 6) is 2.54. The van der Waals surface area contributed by atoms with E-state index in [0.717, 1.165) is 33.5 Å². The summed E-state index contributed by atoms with van der Waals surface area (Å²) >= 11 is 3.72. The quantitative estimate of drug-likeness (QED) is 0.140. The van der Waals surface area contributed by atoms with Crippen LogP contribution in [0, 0.1) is 0 Å². The number of unbranched alkanes of at least 4 members (excludes halogenated alkanes) is 10. The fourth-order valence-corrected chi connectivity index (χ4v) is 6.82. The first-order valence-corrected chi connectivity index (χ1v) is 17.8. The fraction of sp³-hybridized carbons (Fsp3) is 0.758. The number of hydrogen-bond acceptors (Lipinski definition) is 7. The molecule has 1 aliphatic heterocycles. The molecule has 0 radical (unpaired) electrons. The van der Waals surface area contributed by atoms with Crippen LogP contribution in [-0.4, -0.2) is 38.6 Å². The lowest BCUT2D eigenvalue weighted by Crippen LogP contribution is -2.43. The van der Waals surface area contributed by atoms with Crippen molar-refractivity contribution in [3.8, 4) is 5.75 Å². The minimum atomic E-state index is -0.183. The zero-order valence-corrected chi connectivity index (χ0v) is 28.4. The predicted molar refractivity (Wildman–Crippen MR) is 182 cm³/mol. The van der Waals surface area contributed by atoms with Crippen molar-refractivity contribution in [1.29, 1.82) is 0 Å². The molecule has 0 saturated heterocycles. The standard InChI is InChI=1S/C33H58N4OS2/c1-9-11-13-15-17-19-21-39-30-34-25-35-31(40-22-20-18-16-14-12-10-2)37(30)36-26-23-27(32(3,4)5)29(38)28(24-26)33(6,7)8/h23-25,30,36,38H,9-22H2,1-8H3. The summed E-state index contributed by atoms with van der Waals surface area (Å²) in [4.78, 5) is 9.52. The maximum atomic E-state index is 11.2. The molecular formula is C33H58N4OS2. The van der Waals surface area contributed by atoms with Gasteiger partial charge in [0.15, 0.2) is 10.7 Å². The molecule has 0 saturated carbocycles. The summed E-state index contributed by atoms with van der Waals surface area (Å²) in [5, 5.41) is 14.4. The van der Waals surface area contributed by atoms with Gasteiger partial charge in [-0.25, -0.2) is 15.0 Å². The first-order chi connectivity index (χ1) is 19.0. The third-order valence-corrected chi connectivity index (χ3v) is 9.47. The van der Waals surface area contributed by atoms with Gasteiger partial charge in [-0.05, 0) is 41.6 Å². The maximum Gasteiger partial charge on any atom is 0.190 e.